The maximum absolute atomic E-state index is 9.60. The third-order valence-corrected chi connectivity index (χ3v) is 2.92. The van der Waals surface area contributed by atoms with Crippen LogP contribution in [0.5, 0.6) is 11.5 Å². The number of phenols is 2. The van der Waals surface area contributed by atoms with Crippen molar-refractivity contribution < 1.29 is 30.0 Å². The van der Waals surface area contributed by atoms with Gasteiger partial charge in [0.05, 0.1) is 0 Å². The van der Waals surface area contributed by atoms with Gasteiger partial charge in [0, 0.05) is 17.2 Å². The number of hydrogen-bond acceptors (Lipinski definition) is 4. The molecule has 0 aliphatic heterocycles. The largest absolute Gasteiger partial charge is 0.508 e. The minimum Gasteiger partial charge on any atom is -0.508 e. The summed E-state index contributed by atoms with van der Waals surface area (Å²) in [5.41, 5.74) is 2.19. The van der Waals surface area contributed by atoms with Gasteiger partial charge in [0.2, 0.25) is 0 Å². The number of phenolic OH excluding ortho intramolecular Hbond substituents is 2. The molecule has 2 rings (SSSR count). The lowest BCUT2D eigenvalue weighted by atomic mass is 10.1. The van der Waals surface area contributed by atoms with Gasteiger partial charge in [-0.1, -0.05) is 55.6 Å². The first-order valence-electron chi connectivity index (χ1n) is 8.06. The van der Waals surface area contributed by atoms with Crippen molar-refractivity contribution in [3.05, 3.63) is 84.0 Å². The molecule has 148 valence electrons. The molecule has 0 aromatic heterocycles. The van der Waals surface area contributed by atoms with Crippen molar-refractivity contribution in [3.8, 4) is 11.5 Å². The van der Waals surface area contributed by atoms with E-state index in [0.717, 1.165) is 11.1 Å². The first-order chi connectivity index (χ1) is 13.0. The maximum atomic E-state index is 9.60. The van der Waals surface area contributed by atoms with Crippen LogP contribution in [0.25, 0.3) is 12.2 Å². The molecular formula is C22H24O6. The van der Waals surface area contributed by atoms with Crippen LogP contribution in [0.3, 0.4) is 0 Å². The predicted molar refractivity (Wildman–Crippen MR) is 110 cm³/mol. The molecule has 0 aliphatic rings. The molecule has 0 bridgehead atoms. The van der Waals surface area contributed by atoms with Gasteiger partial charge in [-0.2, -0.15) is 0 Å². The summed E-state index contributed by atoms with van der Waals surface area (Å²) in [4.78, 5) is 19.2. The van der Waals surface area contributed by atoms with Gasteiger partial charge in [-0.3, -0.25) is 0 Å². The predicted octanol–water partition coefficient (Wildman–Crippen LogP) is 4.56. The van der Waals surface area contributed by atoms with E-state index in [2.05, 4.69) is 13.2 Å². The van der Waals surface area contributed by atoms with E-state index < -0.39 is 11.9 Å². The average molecular weight is 384 g/mol. The van der Waals surface area contributed by atoms with Crippen LogP contribution >= 0.6 is 0 Å². The SMILES string of the molecule is C=C(C)C(=O)O.C=C(C)C(=O)O.Oc1cc(O)cc(C=Cc2ccccc2)c1. The monoisotopic (exact) mass is 384 g/mol. The highest BCUT2D eigenvalue weighted by molar-refractivity contribution is 5.85. The Balaban J connectivity index is 0.000000505. The topological polar surface area (TPSA) is 115 Å². The van der Waals surface area contributed by atoms with Crippen molar-refractivity contribution in [2.45, 2.75) is 13.8 Å². The highest BCUT2D eigenvalue weighted by atomic mass is 16.4. The lowest BCUT2D eigenvalue weighted by Crippen LogP contribution is -1.92. The number of carboxylic acids is 2. The average Bonchev–Trinajstić information content (AvgIpc) is 2.61. The number of rotatable bonds is 4. The van der Waals surface area contributed by atoms with Crippen molar-refractivity contribution >= 4 is 24.1 Å². The number of carboxylic acid groups (broad SMARTS) is 2. The molecule has 0 heterocycles. The first kappa shape index (κ1) is 24.2. The third kappa shape index (κ3) is 11.7. The summed E-state index contributed by atoms with van der Waals surface area (Å²) in [5.74, 6) is -1.74. The third-order valence-electron chi connectivity index (χ3n) is 2.92. The summed E-state index contributed by atoms with van der Waals surface area (Å²) in [7, 11) is 0. The normalized spacial score (nSPS) is 9.36. The summed E-state index contributed by atoms with van der Waals surface area (Å²) in [6.07, 6.45) is 3.77. The fourth-order valence-electron chi connectivity index (χ4n) is 1.47. The van der Waals surface area contributed by atoms with Gasteiger partial charge in [0.1, 0.15) is 11.5 Å². The summed E-state index contributed by atoms with van der Waals surface area (Å²) < 4.78 is 0. The van der Waals surface area contributed by atoms with Gasteiger partial charge in [0.15, 0.2) is 0 Å². The molecule has 2 aromatic rings. The van der Waals surface area contributed by atoms with Crippen LogP contribution in [-0.2, 0) is 9.59 Å². The fourth-order valence-corrected chi connectivity index (χ4v) is 1.47. The molecule has 0 unspecified atom stereocenters. The fraction of sp³-hybridized carbons (Fsp3) is 0.0909. The molecule has 2 aromatic carbocycles. The van der Waals surface area contributed by atoms with Crippen LogP contribution in [0.4, 0.5) is 0 Å². The lowest BCUT2D eigenvalue weighted by molar-refractivity contribution is -0.133. The van der Waals surface area contributed by atoms with Crippen molar-refractivity contribution in [2.75, 3.05) is 0 Å². The van der Waals surface area contributed by atoms with Gasteiger partial charge < -0.3 is 20.4 Å². The second-order valence-electron chi connectivity index (χ2n) is 5.70. The van der Waals surface area contributed by atoms with Crippen LogP contribution in [-0.4, -0.2) is 32.4 Å². The number of aromatic hydroxyl groups is 2. The Bertz CT molecular complexity index is 782. The Morgan fingerprint density at radius 2 is 1.11 bits per heavy atom. The zero-order chi connectivity index (χ0) is 21.7. The zero-order valence-corrected chi connectivity index (χ0v) is 15.8. The van der Waals surface area contributed by atoms with Gasteiger partial charge >= 0.3 is 11.9 Å². The van der Waals surface area contributed by atoms with Crippen molar-refractivity contribution in [1.29, 1.82) is 0 Å². The highest BCUT2D eigenvalue weighted by Crippen LogP contribution is 2.21. The van der Waals surface area contributed by atoms with E-state index in [-0.39, 0.29) is 22.6 Å². The molecule has 0 saturated carbocycles. The molecule has 0 radical (unpaired) electrons. The summed E-state index contributed by atoms with van der Waals surface area (Å²) >= 11 is 0. The first-order valence-corrected chi connectivity index (χ1v) is 8.06. The smallest absolute Gasteiger partial charge is 0.330 e. The Morgan fingerprint density at radius 3 is 1.46 bits per heavy atom. The molecule has 0 aliphatic carbocycles. The Labute approximate surface area is 164 Å². The van der Waals surface area contributed by atoms with Gasteiger partial charge in [-0.05, 0) is 37.1 Å². The Kier molecular flexibility index (Phi) is 10.8. The van der Waals surface area contributed by atoms with Crippen molar-refractivity contribution in [3.63, 3.8) is 0 Å². The minimum absolute atomic E-state index is 0.0627. The molecule has 4 N–H and O–H groups in total. The standard InChI is InChI=1S/C14H12O2.2C4H6O2/c15-13-8-12(9-14(16)10-13)7-6-11-4-2-1-3-5-11;2*1-3(2)4(5)6/h1-10,15-16H;2*1H2,2H3,(H,5,6). The maximum Gasteiger partial charge on any atom is 0.330 e. The minimum atomic E-state index is -0.935. The number of carbonyl (C=O) groups is 2. The molecule has 0 saturated heterocycles. The molecule has 6 nitrogen and oxygen atoms in total. The molecule has 0 fully saturated rings. The molecule has 0 atom stereocenters. The van der Waals surface area contributed by atoms with Crippen LogP contribution in [0, 0.1) is 0 Å². The van der Waals surface area contributed by atoms with Gasteiger partial charge in [0.25, 0.3) is 0 Å². The zero-order valence-electron chi connectivity index (χ0n) is 15.8. The highest BCUT2D eigenvalue weighted by Gasteiger charge is 1.95. The second kappa shape index (κ2) is 12.5. The lowest BCUT2D eigenvalue weighted by Gasteiger charge is -1.98. The Morgan fingerprint density at radius 1 is 0.750 bits per heavy atom. The second-order valence-corrected chi connectivity index (χ2v) is 5.70. The molecule has 0 spiro atoms. The number of hydrogen-bond donors (Lipinski definition) is 4. The quantitative estimate of drug-likeness (QED) is 0.454. The molecule has 6 heteroatoms. The van der Waals surface area contributed by atoms with Crippen LogP contribution in [0.2, 0.25) is 0 Å². The summed E-state index contributed by atoms with van der Waals surface area (Å²) in [5, 5.41) is 34.4. The number of aliphatic carboxylic acids is 2. The molecular weight excluding hydrogens is 360 g/mol. The van der Waals surface area contributed by atoms with E-state index in [1.54, 1.807) is 12.1 Å². The van der Waals surface area contributed by atoms with E-state index >= 15 is 0 Å². The van der Waals surface area contributed by atoms with E-state index in [4.69, 9.17) is 10.2 Å². The van der Waals surface area contributed by atoms with Crippen molar-refractivity contribution in [2.24, 2.45) is 0 Å². The van der Waals surface area contributed by atoms with E-state index in [1.807, 2.05) is 42.5 Å². The Hall–Kier alpha value is -3.80. The van der Waals surface area contributed by atoms with Crippen molar-refractivity contribution in [1.82, 2.24) is 0 Å². The molecule has 28 heavy (non-hydrogen) atoms. The van der Waals surface area contributed by atoms with Crippen LogP contribution in [0.15, 0.2) is 72.8 Å². The van der Waals surface area contributed by atoms with Gasteiger partial charge in [-0.25, -0.2) is 9.59 Å². The van der Waals surface area contributed by atoms with Crippen LogP contribution in [0.1, 0.15) is 25.0 Å². The summed E-state index contributed by atoms with van der Waals surface area (Å²) in [6, 6.07) is 14.3. The van der Waals surface area contributed by atoms with E-state index in [1.165, 1.54) is 19.9 Å². The number of benzene rings is 2. The van der Waals surface area contributed by atoms with Gasteiger partial charge in [-0.15, -0.1) is 0 Å². The molecule has 0 amide bonds. The summed E-state index contributed by atoms with van der Waals surface area (Å²) in [6.45, 7) is 9.20. The van der Waals surface area contributed by atoms with Crippen LogP contribution < -0.4 is 0 Å². The van der Waals surface area contributed by atoms with E-state index in [0.29, 0.717) is 0 Å². The van der Waals surface area contributed by atoms with E-state index in [9.17, 15) is 19.8 Å².